The van der Waals surface area contributed by atoms with Crippen LogP contribution in [0.25, 0.3) is 0 Å². The SMILES string of the molecule is CC(C)C(CNC(=O)C1CC2CC2C1)N(C)C. The zero-order valence-electron chi connectivity index (χ0n) is 11.6. The van der Waals surface area contributed by atoms with Crippen LogP contribution < -0.4 is 5.32 Å². The fourth-order valence-corrected chi connectivity index (χ4v) is 3.29. The molecule has 0 radical (unpaired) electrons. The highest BCUT2D eigenvalue weighted by Gasteiger charge is 2.47. The Balaban J connectivity index is 1.74. The number of nitrogens with zero attached hydrogens (tertiary/aromatic N) is 1. The number of carbonyl (C=O) groups is 1. The van der Waals surface area contributed by atoms with Gasteiger partial charge in [0.1, 0.15) is 0 Å². The molecule has 1 N–H and O–H groups in total. The molecule has 3 unspecified atom stereocenters. The lowest BCUT2D eigenvalue weighted by atomic mass is 10.0. The molecule has 3 heteroatoms. The molecule has 98 valence electrons. The van der Waals surface area contributed by atoms with E-state index in [2.05, 4.69) is 38.2 Å². The Morgan fingerprint density at radius 2 is 1.82 bits per heavy atom. The fraction of sp³-hybridized carbons (Fsp3) is 0.929. The van der Waals surface area contributed by atoms with Crippen molar-refractivity contribution in [1.29, 1.82) is 0 Å². The van der Waals surface area contributed by atoms with E-state index in [9.17, 15) is 4.79 Å². The molecule has 3 atom stereocenters. The first-order valence-electron chi connectivity index (χ1n) is 6.93. The molecule has 0 heterocycles. The van der Waals surface area contributed by atoms with Crippen molar-refractivity contribution in [3.05, 3.63) is 0 Å². The molecule has 2 fully saturated rings. The second kappa shape index (κ2) is 4.97. The van der Waals surface area contributed by atoms with Gasteiger partial charge in [0.15, 0.2) is 0 Å². The molecule has 0 bridgehead atoms. The third-order valence-electron chi connectivity index (χ3n) is 4.53. The summed E-state index contributed by atoms with van der Waals surface area (Å²) in [6, 6.07) is 0.440. The summed E-state index contributed by atoms with van der Waals surface area (Å²) in [5.74, 6) is 2.96. The molecule has 0 aliphatic heterocycles. The van der Waals surface area contributed by atoms with Crippen molar-refractivity contribution in [2.75, 3.05) is 20.6 Å². The lowest BCUT2D eigenvalue weighted by molar-refractivity contribution is -0.125. The average molecular weight is 238 g/mol. The molecule has 2 rings (SSSR count). The molecular formula is C14H26N2O. The van der Waals surface area contributed by atoms with Crippen LogP contribution >= 0.6 is 0 Å². The molecule has 0 aromatic carbocycles. The molecule has 2 saturated carbocycles. The summed E-state index contributed by atoms with van der Waals surface area (Å²) in [5, 5.41) is 3.15. The Kier molecular flexibility index (Phi) is 3.76. The van der Waals surface area contributed by atoms with E-state index in [0.29, 0.717) is 23.8 Å². The standard InChI is InChI=1S/C14H26N2O/c1-9(2)13(16(3)4)8-15-14(17)12-6-10-5-11(10)7-12/h9-13H,5-8H2,1-4H3,(H,15,17). The van der Waals surface area contributed by atoms with Gasteiger partial charge >= 0.3 is 0 Å². The summed E-state index contributed by atoms with van der Waals surface area (Å²) in [7, 11) is 4.17. The van der Waals surface area contributed by atoms with E-state index in [4.69, 9.17) is 0 Å². The van der Waals surface area contributed by atoms with Crippen molar-refractivity contribution < 1.29 is 4.79 Å². The number of amides is 1. The zero-order valence-corrected chi connectivity index (χ0v) is 11.6. The summed E-state index contributed by atoms with van der Waals surface area (Å²) in [6.45, 7) is 5.21. The van der Waals surface area contributed by atoms with Crippen LogP contribution in [0.1, 0.15) is 33.1 Å². The van der Waals surface area contributed by atoms with Gasteiger partial charge in [0.05, 0.1) is 0 Å². The van der Waals surface area contributed by atoms with E-state index < -0.39 is 0 Å². The minimum Gasteiger partial charge on any atom is -0.354 e. The van der Waals surface area contributed by atoms with Gasteiger partial charge in [0.25, 0.3) is 0 Å². The van der Waals surface area contributed by atoms with Gasteiger partial charge in [-0.05, 0) is 51.1 Å². The van der Waals surface area contributed by atoms with Crippen LogP contribution in [0.2, 0.25) is 0 Å². The highest BCUT2D eigenvalue weighted by atomic mass is 16.1. The highest BCUT2D eigenvalue weighted by Crippen LogP contribution is 2.54. The smallest absolute Gasteiger partial charge is 0.223 e. The topological polar surface area (TPSA) is 32.3 Å². The second-order valence-corrected chi connectivity index (χ2v) is 6.44. The predicted octanol–water partition coefficient (Wildman–Crippen LogP) is 1.73. The number of hydrogen-bond acceptors (Lipinski definition) is 2. The molecule has 0 spiro atoms. The minimum absolute atomic E-state index is 0.296. The quantitative estimate of drug-likeness (QED) is 0.791. The second-order valence-electron chi connectivity index (χ2n) is 6.44. The molecule has 0 saturated heterocycles. The van der Waals surface area contributed by atoms with Gasteiger partial charge in [-0.2, -0.15) is 0 Å². The van der Waals surface area contributed by atoms with Gasteiger partial charge in [-0.15, -0.1) is 0 Å². The van der Waals surface area contributed by atoms with E-state index >= 15 is 0 Å². The Hall–Kier alpha value is -0.570. The first kappa shape index (κ1) is 12.9. The van der Waals surface area contributed by atoms with Crippen molar-refractivity contribution in [3.63, 3.8) is 0 Å². The minimum atomic E-state index is 0.296. The largest absolute Gasteiger partial charge is 0.354 e. The van der Waals surface area contributed by atoms with Crippen molar-refractivity contribution in [2.45, 2.75) is 39.2 Å². The molecule has 2 aliphatic rings. The van der Waals surface area contributed by atoms with Crippen LogP contribution in [0.4, 0.5) is 0 Å². The highest BCUT2D eigenvalue weighted by molar-refractivity contribution is 5.79. The number of carbonyl (C=O) groups excluding carboxylic acids is 1. The van der Waals surface area contributed by atoms with Gasteiger partial charge in [-0.3, -0.25) is 4.79 Å². The van der Waals surface area contributed by atoms with E-state index in [-0.39, 0.29) is 0 Å². The summed E-state index contributed by atoms with van der Waals surface area (Å²) in [4.78, 5) is 14.2. The van der Waals surface area contributed by atoms with Gasteiger partial charge in [-0.25, -0.2) is 0 Å². The van der Waals surface area contributed by atoms with E-state index in [1.54, 1.807) is 0 Å². The summed E-state index contributed by atoms with van der Waals surface area (Å²) in [5.41, 5.74) is 0. The molecule has 3 nitrogen and oxygen atoms in total. The van der Waals surface area contributed by atoms with Gasteiger partial charge in [-0.1, -0.05) is 13.8 Å². The van der Waals surface area contributed by atoms with Crippen LogP contribution in [-0.4, -0.2) is 37.5 Å². The number of rotatable bonds is 5. The Morgan fingerprint density at radius 3 is 2.29 bits per heavy atom. The molecule has 17 heavy (non-hydrogen) atoms. The molecular weight excluding hydrogens is 212 g/mol. The van der Waals surface area contributed by atoms with E-state index in [1.807, 2.05) is 0 Å². The van der Waals surface area contributed by atoms with Crippen LogP contribution in [0, 0.1) is 23.7 Å². The van der Waals surface area contributed by atoms with Gasteiger partial charge in [0, 0.05) is 18.5 Å². The summed E-state index contributed by atoms with van der Waals surface area (Å²) >= 11 is 0. The Labute approximate surface area is 105 Å². The van der Waals surface area contributed by atoms with E-state index in [1.165, 1.54) is 6.42 Å². The number of hydrogen-bond donors (Lipinski definition) is 1. The van der Waals surface area contributed by atoms with Crippen LogP contribution in [0.3, 0.4) is 0 Å². The monoisotopic (exact) mass is 238 g/mol. The maximum Gasteiger partial charge on any atom is 0.223 e. The maximum absolute atomic E-state index is 12.0. The van der Waals surface area contributed by atoms with Crippen LogP contribution in [0.15, 0.2) is 0 Å². The summed E-state index contributed by atoms with van der Waals surface area (Å²) in [6.07, 6.45) is 3.67. The molecule has 1 amide bonds. The zero-order chi connectivity index (χ0) is 12.6. The van der Waals surface area contributed by atoms with Crippen molar-refractivity contribution in [1.82, 2.24) is 10.2 Å². The maximum atomic E-state index is 12.0. The molecule has 2 aliphatic carbocycles. The predicted molar refractivity (Wildman–Crippen MR) is 69.6 cm³/mol. The lowest BCUT2D eigenvalue weighted by Gasteiger charge is -2.28. The number of nitrogens with one attached hydrogen (secondary N) is 1. The van der Waals surface area contributed by atoms with Crippen LogP contribution in [0.5, 0.6) is 0 Å². The molecule has 0 aromatic heterocycles. The first-order valence-corrected chi connectivity index (χ1v) is 6.93. The molecule has 0 aromatic rings. The fourth-order valence-electron chi connectivity index (χ4n) is 3.29. The Bertz CT molecular complexity index is 270. The summed E-state index contributed by atoms with van der Waals surface area (Å²) < 4.78 is 0. The van der Waals surface area contributed by atoms with Crippen molar-refractivity contribution in [2.24, 2.45) is 23.7 Å². The van der Waals surface area contributed by atoms with Gasteiger partial charge in [0.2, 0.25) is 5.91 Å². The van der Waals surface area contributed by atoms with Crippen LogP contribution in [-0.2, 0) is 4.79 Å². The van der Waals surface area contributed by atoms with Crippen molar-refractivity contribution >= 4 is 5.91 Å². The van der Waals surface area contributed by atoms with Crippen molar-refractivity contribution in [3.8, 4) is 0 Å². The average Bonchev–Trinajstić information content (AvgIpc) is 2.84. The lowest BCUT2D eigenvalue weighted by Crippen LogP contribution is -2.44. The first-order chi connectivity index (χ1) is 7.99. The number of fused-ring (bicyclic) bond motifs is 1. The van der Waals surface area contributed by atoms with Gasteiger partial charge < -0.3 is 10.2 Å². The Morgan fingerprint density at radius 1 is 1.24 bits per heavy atom. The van der Waals surface area contributed by atoms with E-state index in [0.717, 1.165) is 31.2 Å². The third-order valence-corrected chi connectivity index (χ3v) is 4.53. The number of likely N-dealkylation sites (N-methyl/N-ethyl adjacent to an activating group) is 1. The third kappa shape index (κ3) is 3.01. The normalized spacial score (nSPS) is 32.7.